The van der Waals surface area contributed by atoms with E-state index in [1.54, 1.807) is 19.1 Å². The van der Waals surface area contributed by atoms with Crippen LogP contribution in [0.2, 0.25) is 0 Å². The quantitative estimate of drug-likeness (QED) is 0.615. The van der Waals surface area contributed by atoms with E-state index in [9.17, 15) is 14.0 Å². The van der Waals surface area contributed by atoms with Gasteiger partial charge < -0.3 is 15.0 Å². The van der Waals surface area contributed by atoms with Gasteiger partial charge in [-0.2, -0.15) is 0 Å². The van der Waals surface area contributed by atoms with Gasteiger partial charge in [-0.25, -0.2) is 4.39 Å². The normalized spacial score (nSPS) is 11.8. The van der Waals surface area contributed by atoms with Crippen molar-refractivity contribution < 1.29 is 18.7 Å². The molecule has 0 aliphatic heterocycles. The van der Waals surface area contributed by atoms with Crippen LogP contribution < -0.4 is 10.1 Å². The van der Waals surface area contributed by atoms with E-state index in [1.165, 1.54) is 17.0 Å². The van der Waals surface area contributed by atoms with E-state index >= 15 is 0 Å². The van der Waals surface area contributed by atoms with Crippen molar-refractivity contribution in [3.05, 3.63) is 66.0 Å². The molecule has 0 heterocycles. The Labute approximate surface area is 171 Å². The Balaban J connectivity index is 1.99. The van der Waals surface area contributed by atoms with Crippen molar-refractivity contribution in [2.45, 2.75) is 52.2 Å². The predicted molar refractivity (Wildman–Crippen MR) is 111 cm³/mol. The van der Waals surface area contributed by atoms with E-state index in [0.29, 0.717) is 13.0 Å². The van der Waals surface area contributed by atoms with Crippen LogP contribution in [0.25, 0.3) is 0 Å². The number of nitrogens with zero attached hydrogens (tertiary/aromatic N) is 1. The third kappa shape index (κ3) is 7.56. The van der Waals surface area contributed by atoms with Gasteiger partial charge in [0, 0.05) is 19.0 Å². The first-order chi connectivity index (χ1) is 13.9. The number of benzene rings is 2. The van der Waals surface area contributed by atoms with Crippen LogP contribution in [0.3, 0.4) is 0 Å². The van der Waals surface area contributed by atoms with E-state index in [0.717, 1.165) is 11.3 Å². The van der Waals surface area contributed by atoms with Gasteiger partial charge in [0.2, 0.25) is 11.8 Å². The van der Waals surface area contributed by atoms with Crippen molar-refractivity contribution in [3.8, 4) is 5.75 Å². The lowest BCUT2D eigenvalue weighted by Crippen LogP contribution is -2.49. The molecule has 1 atom stereocenters. The second kappa shape index (κ2) is 11.2. The molecule has 0 saturated carbocycles. The Morgan fingerprint density at radius 2 is 1.69 bits per heavy atom. The Hall–Kier alpha value is -2.89. The number of hydrogen-bond donors (Lipinski definition) is 1. The van der Waals surface area contributed by atoms with Crippen molar-refractivity contribution in [2.24, 2.45) is 0 Å². The van der Waals surface area contributed by atoms with Gasteiger partial charge in [0.1, 0.15) is 17.6 Å². The molecule has 1 N–H and O–H groups in total. The summed E-state index contributed by atoms with van der Waals surface area (Å²) in [5, 5.41) is 2.84. The highest BCUT2D eigenvalue weighted by molar-refractivity contribution is 5.87. The molecule has 6 heteroatoms. The molecule has 1 unspecified atom stereocenters. The van der Waals surface area contributed by atoms with Gasteiger partial charge in [0.05, 0.1) is 6.61 Å². The van der Waals surface area contributed by atoms with Gasteiger partial charge in [-0.05, 0) is 57.0 Å². The number of carbonyl (C=O) groups is 2. The third-order valence-electron chi connectivity index (χ3n) is 4.41. The third-order valence-corrected chi connectivity index (χ3v) is 4.41. The van der Waals surface area contributed by atoms with Crippen molar-refractivity contribution in [1.82, 2.24) is 10.2 Å². The Morgan fingerprint density at radius 1 is 1.03 bits per heavy atom. The van der Waals surface area contributed by atoms with Crippen LogP contribution in [0, 0.1) is 5.82 Å². The number of halogens is 1. The standard InChI is InChI=1S/C23H29FN2O3/c1-17(2)25-23(28)18(3)26(16-19-11-13-20(24)14-12-19)22(27)10-7-15-29-21-8-5-4-6-9-21/h4-6,8-9,11-14,17-18H,7,10,15-16H2,1-3H3,(H,25,28). The van der Waals surface area contributed by atoms with Crippen molar-refractivity contribution in [3.63, 3.8) is 0 Å². The summed E-state index contributed by atoms with van der Waals surface area (Å²) in [5.41, 5.74) is 0.768. The lowest BCUT2D eigenvalue weighted by molar-refractivity contribution is -0.141. The van der Waals surface area contributed by atoms with Crippen molar-refractivity contribution in [2.75, 3.05) is 6.61 Å². The number of para-hydroxylation sites is 1. The van der Waals surface area contributed by atoms with Crippen LogP contribution in [0.1, 0.15) is 39.2 Å². The molecule has 0 aromatic heterocycles. The van der Waals surface area contributed by atoms with Gasteiger partial charge in [-0.15, -0.1) is 0 Å². The second-order valence-electron chi connectivity index (χ2n) is 7.25. The zero-order valence-electron chi connectivity index (χ0n) is 17.2. The number of ether oxygens (including phenoxy) is 1. The Kier molecular flexibility index (Phi) is 8.65. The van der Waals surface area contributed by atoms with Crippen LogP contribution in [-0.4, -0.2) is 35.4 Å². The van der Waals surface area contributed by atoms with Crippen molar-refractivity contribution in [1.29, 1.82) is 0 Å². The van der Waals surface area contributed by atoms with Gasteiger partial charge in [-0.1, -0.05) is 30.3 Å². The van der Waals surface area contributed by atoms with E-state index in [-0.39, 0.29) is 36.6 Å². The molecular formula is C23H29FN2O3. The molecule has 0 spiro atoms. The number of rotatable bonds is 10. The molecule has 2 rings (SSSR count). The number of amides is 2. The summed E-state index contributed by atoms with van der Waals surface area (Å²) in [7, 11) is 0. The summed E-state index contributed by atoms with van der Waals surface area (Å²) >= 11 is 0. The van der Waals surface area contributed by atoms with Gasteiger partial charge in [0.15, 0.2) is 0 Å². The van der Waals surface area contributed by atoms with Crippen LogP contribution in [0.4, 0.5) is 4.39 Å². The van der Waals surface area contributed by atoms with E-state index in [2.05, 4.69) is 5.32 Å². The maximum absolute atomic E-state index is 13.2. The molecule has 29 heavy (non-hydrogen) atoms. The minimum atomic E-state index is -0.634. The zero-order chi connectivity index (χ0) is 21.2. The first-order valence-corrected chi connectivity index (χ1v) is 9.89. The molecule has 0 saturated heterocycles. The number of nitrogens with one attached hydrogen (secondary N) is 1. The topological polar surface area (TPSA) is 58.6 Å². The molecule has 2 aromatic carbocycles. The first kappa shape index (κ1) is 22.4. The summed E-state index contributed by atoms with van der Waals surface area (Å²) in [4.78, 5) is 26.9. The Bertz CT molecular complexity index is 778. The summed E-state index contributed by atoms with van der Waals surface area (Å²) in [6.07, 6.45) is 0.791. The minimum absolute atomic E-state index is 0.0213. The molecule has 2 amide bonds. The number of hydrogen-bond acceptors (Lipinski definition) is 3. The number of carbonyl (C=O) groups excluding carboxylic acids is 2. The molecule has 156 valence electrons. The summed E-state index contributed by atoms with van der Waals surface area (Å²) in [6.45, 7) is 6.10. The summed E-state index contributed by atoms with van der Waals surface area (Å²) in [6, 6.07) is 14.7. The molecule has 0 aliphatic rings. The fourth-order valence-electron chi connectivity index (χ4n) is 2.85. The van der Waals surface area contributed by atoms with Crippen molar-refractivity contribution >= 4 is 11.8 Å². The van der Waals surface area contributed by atoms with Gasteiger partial charge in [-0.3, -0.25) is 9.59 Å². The van der Waals surface area contributed by atoms with Gasteiger partial charge in [0.25, 0.3) is 0 Å². The summed E-state index contributed by atoms with van der Waals surface area (Å²) in [5.74, 6) is 0.0662. The molecule has 0 radical (unpaired) electrons. The Morgan fingerprint density at radius 3 is 2.31 bits per heavy atom. The highest BCUT2D eigenvalue weighted by atomic mass is 19.1. The molecule has 0 bridgehead atoms. The smallest absolute Gasteiger partial charge is 0.242 e. The fourth-order valence-corrected chi connectivity index (χ4v) is 2.85. The van der Waals surface area contributed by atoms with Crippen LogP contribution >= 0.6 is 0 Å². The van der Waals surface area contributed by atoms with E-state index in [4.69, 9.17) is 4.74 Å². The average molecular weight is 400 g/mol. The second-order valence-corrected chi connectivity index (χ2v) is 7.25. The molecule has 0 fully saturated rings. The molecule has 5 nitrogen and oxygen atoms in total. The predicted octanol–water partition coefficient (Wildman–Crippen LogP) is 3.93. The van der Waals surface area contributed by atoms with Crippen LogP contribution in [0.15, 0.2) is 54.6 Å². The maximum atomic E-state index is 13.2. The van der Waals surface area contributed by atoms with E-state index in [1.807, 2.05) is 44.2 Å². The molecule has 0 aliphatic carbocycles. The van der Waals surface area contributed by atoms with Gasteiger partial charge >= 0.3 is 0 Å². The highest BCUT2D eigenvalue weighted by Crippen LogP contribution is 2.14. The average Bonchev–Trinajstić information content (AvgIpc) is 2.70. The zero-order valence-corrected chi connectivity index (χ0v) is 17.2. The summed E-state index contributed by atoms with van der Waals surface area (Å²) < 4.78 is 18.8. The minimum Gasteiger partial charge on any atom is -0.494 e. The van der Waals surface area contributed by atoms with E-state index < -0.39 is 6.04 Å². The monoisotopic (exact) mass is 400 g/mol. The first-order valence-electron chi connectivity index (χ1n) is 9.89. The van der Waals surface area contributed by atoms with Crippen LogP contribution in [0.5, 0.6) is 5.75 Å². The largest absolute Gasteiger partial charge is 0.494 e. The fraction of sp³-hybridized carbons (Fsp3) is 0.391. The SMILES string of the molecule is CC(C)NC(=O)C(C)N(Cc1ccc(F)cc1)C(=O)CCCOc1ccccc1. The van der Waals surface area contributed by atoms with Crippen LogP contribution in [-0.2, 0) is 16.1 Å². The molecular weight excluding hydrogens is 371 g/mol. The highest BCUT2D eigenvalue weighted by Gasteiger charge is 2.26. The molecule has 2 aromatic rings. The lowest BCUT2D eigenvalue weighted by Gasteiger charge is -2.29. The lowest BCUT2D eigenvalue weighted by atomic mass is 10.1. The maximum Gasteiger partial charge on any atom is 0.242 e.